The fourth-order valence-corrected chi connectivity index (χ4v) is 5.38. The van der Waals surface area contributed by atoms with E-state index in [0.29, 0.717) is 18.4 Å². The zero-order valence-corrected chi connectivity index (χ0v) is 18.6. The first-order valence-electron chi connectivity index (χ1n) is 11.5. The van der Waals surface area contributed by atoms with Crippen LogP contribution in [0.4, 0.5) is 4.79 Å². The number of carbonyl (C=O) groups is 3. The molecule has 2 amide bonds. The molecule has 0 radical (unpaired) electrons. The van der Waals surface area contributed by atoms with Crippen molar-refractivity contribution in [1.29, 1.82) is 0 Å². The Balaban J connectivity index is 1.30. The molecule has 2 N–H and O–H groups in total. The van der Waals surface area contributed by atoms with Gasteiger partial charge in [-0.1, -0.05) is 67.3 Å². The van der Waals surface area contributed by atoms with E-state index < -0.39 is 30.1 Å². The normalized spacial score (nSPS) is 23.5. The average Bonchev–Trinajstić information content (AvgIpc) is 3.41. The molecule has 3 atom stereocenters. The van der Waals surface area contributed by atoms with E-state index in [0.717, 1.165) is 22.3 Å². The molecule has 0 saturated carbocycles. The van der Waals surface area contributed by atoms with Gasteiger partial charge in [0.2, 0.25) is 5.91 Å². The zero-order valence-electron chi connectivity index (χ0n) is 18.6. The Morgan fingerprint density at radius 2 is 1.71 bits per heavy atom. The minimum absolute atomic E-state index is 0.0891. The molecule has 7 heteroatoms. The first-order valence-corrected chi connectivity index (χ1v) is 11.5. The van der Waals surface area contributed by atoms with E-state index in [1.807, 2.05) is 36.4 Å². The number of amides is 2. The molecule has 3 aliphatic rings. The van der Waals surface area contributed by atoms with Gasteiger partial charge in [0.1, 0.15) is 18.7 Å². The molecule has 7 nitrogen and oxygen atoms in total. The van der Waals surface area contributed by atoms with Crippen LogP contribution in [0.5, 0.6) is 0 Å². The lowest BCUT2D eigenvalue weighted by molar-refractivity contribution is -0.150. The third kappa shape index (κ3) is 3.77. The summed E-state index contributed by atoms with van der Waals surface area (Å²) in [4.78, 5) is 39.1. The van der Waals surface area contributed by atoms with E-state index in [1.165, 1.54) is 4.90 Å². The highest BCUT2D eigenvalue weighted by Crippen LogP contribution is 2.44. The van der Waals surface area contributed by atoms with Gasteiger partial charge in [-0.15, -0.1) is 0 Å². The van der Waals surface area contributed by atoms with Crippen LogP contribution in [0.3, 0.4) is 0 Å². The lowest BCUT2D eigenvalue weighted by Gasteiger charge is -2.33. The average molecular weight is 459 g/mol. The summed E-state index contributed by atoms with van der Waals surface area (Å²) in [6, 6.07) is 13.9. The Morgan fingerprint density at radius 3 is 2.35 bits per heavy atom. The number of ether oxygens (including phenoxy) is 1. The van der Waals surface area contributed by atoms with E-state index in [2.05, 4.69) is 24.0 Å². The number of carboxylic acids is 1. The minimum Gasteiger partial charge on any atom is -0.480 e. The number of carboxylic acid groups (broad SMARTS) is 1. The largest absolute Gasteiger partial charge is 0.480 e. The van der Waals surface area contributed by atoms with Crippen molar-refractivity contribution in [1.82, 2.24) is 10.2 Å². The number of alkyl carbamates (subject to hydrolysis) is 1. The van der Waals surface area contributed by atoms with Gasteiger partial charge in [0, 0.05) is 5.92 Å². The number of hydrogen-bond donors (Lipinski definition) is 2. The van der Waals surface area contributed by atoms with Gasteiger partial charge in [-0.05, 0) is 47.1 Å². The highest BCUT2D eigenvalue weighted by atomic mass is 16.5. The minimum atomic E-state index is -1.05. The third-order valence-electron chi connectivity index (χ3n) is 6.99. The van der Waals surface area contributed by atoms with Gasteiger partial charge in [-0.2, -0.15) is 0 Å². The van der Waals surface area contributed by atoms with Gasteiger partial charge in [-0.3, -0.25) is 4.79 Å². The predicted molar refractivity (Wildman–Crippen MR) is 126 cm³/mol. The molecule has 34 heavy (non-hydrogen) atoms. The van der Waals surface area contributed by atoms with E-state index in [1.54, 1.807) is 12.2 Å². The van der Waals surface area contributed by atoms with Crippen LogP contribution in [0.15, 0.2) is 72.8 Å². The van der Waals surface area contributed by atoms with Crippen LogP contribution in [0.1, 0.15) is 36.3 Å². The number of aliphatic carboxylic acids is 1. The highest BCUT2D eigenvalue weighted by molar-refractivity contribution is 5.91. The number of carbonyl (C=O) groups excluding carboxylic acids is 2. The van der Waals surface area contributed by atoms with Gasteiger partial charge >= 0.3 is 12.1 Å². The molecular formula is C27H26N2O5. The Morgan fingerprint density at radius 1 is 1.06 bits per heavy atom. The molecular weight excluding hydrogens is 432 g/mol. The van der Waals surface area contributed by atoms with Crippen LogP contribution >= 0.6 is 0 Å². The van der Waals surface area contributed by atoms with Crippen molar-refractivity contribution in [2.24, 2.45) is 0 Å². The van der Waals surface area contributed by atoms with Crippen molar-refractivity contribution < 1.29 is 24.2 Å². The summed E-state index contributed by atoms with van der Waals surface area (Å²) in [6.45, 7) is 4.13. The second kappa shape index (κ2) is 8.82. The van der Waals surface area contributed by atoms with Crippen LogP contribution in [0, 0.1) is 0 Å². The van der Waals surface area contributed by atoms with Crippen LogP contribution in [-0.2, 0) is 14.3 Å². The van der Waals surface area contributed by atoms with Gasteiger partial charge in [0.25, 0.3) is 0 Å². The van der Waals surface area contributed by atoms with E-state index in [9.17, 15) is 19.5 Å². The Hall–Kier alpha value is -3.87. The van der Waals surface area contributed by atoms with Crippen molar-refractivity contribution in [3.8, 4) is 11.1 Å². The summed E-state index contributed by atoms with van der Waals surface area (Å²) in [5.74, 6) is -1.56. The summed E-state index contributed by atoms with van der Waals surface area (Å²) in [7, 11) is 0. The monoisotopic (exact) mass is 458 g/mol. The summed E-state index contributed by atoms with van der Waals surface area (Å²) in [5, 5.41) is 12.3. The van der Waals surface area contributed by atoms with Gasteiger partial charge in [-0.25, -0.2) is 9.59 Å². The van der Waals surface area contributed by atoms with Crippen molar-refractivity contribution in [2.45, 2.75) is 43.3 Å². The molecule has 2 heterocycles. The van der Waals surface area contributed by atoms with E-state index >= 15 is 0 Å². The maximum Gasteiger partial charge on any atom is 0.407 e. The molecule has 0 spiro atoms. The van der Waals surface area contributed by atoms with Crippen molar-refractivity contribution in [2.75, 3.05) is 6.61 Å². The maximum absolute atomic E-state index is 13.3. The fourth-order valence-electron chi connectivity index (χ4n) is 5.38. The third-order valence-corrected chi connectivity index (χ3v) is 6.99. The summed E-state index contributed by atoms with van der Waals surface area (Å²) in [6.07, 6.45) is 4.02. The smallest absolute Gasteiger partial charge is 0.407 e. The molecule has 0 unspecified atom stereocenters. The number of nitrogens with one attached hydrogen (secondary N) is 1. The first-order chi connectivity index (χ1) is 16.5. The molecule has 1 aliphatic carbocycles. The molecule has 174 valence electrons. The van der Waals surface area contributed by atoms with Crippen molar-refractivity contribution in [3.05, 3.63) is 84.0 Å². The second-order valence-corrected chi connectivity index (χ2v) is 8.93. The van der Waals surface area contributed by atoms with E-state index in [4.69, 9.17) is 4.74 Å². The lowest BCUT2D eigenvalue weighted by atomic mass is 9.98. The Bertz CT molecular complexity index is 1160. The number of hydrogen-bond acceptors (Lipinski definition) is 4. The Kier molecular flexibility index (Phi) is 5.69. The lowest BCUT2D eigenvalue weighted by Crippen LogP contribution is -2.54. The van der Waals surface area contributed by atoms with E-state index in [-0.39, 0.29) is 25.0 Å². The summed E-state index contributed by atoms with van der Waals surface area (Å²) in [5.41, 5.74) is 5.17. The number of fused-ring (bicyclic) bond motifs is 4. The molecule has 0 bridgehead atoms. The predicted octanol–water partition coefficient (Wildman–Crippen LogP) is 3.85. The molecule has 2 aliphatic heterocycles. The number of benzene rings is 2. The van der Waals surface area contributed by atoms with Crippen LogP contribution in [-0.4, -0.2) is 52.7 Å². The second-order valence-electron chi connectivity index (χ2n) is 8.93. The van der Waals surface area contributed by atoms with Crippen LogP contribution < -0.4 is 5.32 Å². The zero-order chi connectivity index (χ0) is 23.8. The number of nitrogens with zero attached hydrogens (tertiary/aromatic N) is 1. The van der Waals surface area contributed by atoms with Gasteiger partial charge in [0.15, 0.2) is 0 Å². The SMILES string of the molecule is C=C1C=CC[C@H](NC(=O)OCC2c3ccccc3-c3ccccc32)C(=O)N2[C@@H]1CC[C@H]2C(=O)O. The topological polar surface area (TPSA) is 95.9 Å². The highest BCUT2D eigenvalue weighted by Gasteiger charge is 2.44. The molecule has 2 aromatic carbocycles. The molecule has 1 fully saturated rings. The fraction of sp³-hybridized carbons (Fsp3) is 0.296. The molecule has 5 rings (SSSR count). The van der Waals surface area contributed by atoms with Crippen LogP contribution in [0.2, 0.25) is 0 Å². The summed E-state index contributed by atoms with van der Waals surface area (Å²) < 4.78 is 5.59. The van der Waals surface area contributed by atoms with Crippen molar-refractivity contribution >= 4 is 18.0 Å². The first kappa shape index (κ1) is 21.9. The quantitative estimate of drug-likeness (QED) is 0.726. The Labute approximate surface area is 197 Å². The number of rotatable bonds is 4. The van der Waals surface area contributed by atoms with Crippen molar-refractivity contribution in [3.63, 3.8) is 0 Å². The molecule has 2 aromatic rings. The maximum atomic E-state index is 13.3. The summed E-state index contributed by atoms with van der Waals surface area (Å²) >= 11 is 0. The van der Waals surface area contributed by atoms with Gasteiger partial charge < -0.3 is 20.1 Å². The molecule has 0 aromatic heterocycles. The van der Waals surface area contributed by atoms with Crippen LogP contribution in [0.25, 0.3) is 11.1 Å². The molecule has 1 saturated heterocycles. The van der Waals surface area contributed by atoms with Gasteiger partial charge in [0.05, 0.1) is 6.04 Å². The standard InChI is InChI=1S/C27H26N2O5/c1-16-7-6-12-22(25(30)29-23(16)13-14-24(29)26(31)32)28-27(33)34-15-21-19-10-4-2-8-17(19)18-9-3-5-11-20(18)21/h2-11,21-24H,1,12-15H2,(H,28,33)(H,31,32)/t22-,23+,24-/m0/s1.